The van der Waals surface area contributed by atoms with E-state index in [9.17, 15) is 4.79 Å². The van der Waals surface area contributed by atoms with Crippen LogP contribution in [0.3, 0.4) is 0 Å². The maximum Gasteiger partial charge on any atom is 0.248 e. The van der Waals surface area contributed by atoms with Crippen molar-refractivity contribution in [2.75, 3.05) is 47.0 Å². The fourth-order valence-corrected chi connectivity index (χ4v) is 4.04. The van der Waals surface area contributed by atoms with E-state index in [0.717, 1.165) is 45.5 Å². The highest BCUT2D eigenvalue weighted by molar-refractivity contribution is 5.76. The molecule has 2 aliphatic rings. The van der Waals surface area contributed by atoms with Crippen molar-refractivity contribution in [2.24, 2.45) is 5.41 Å². The predicted octanol–water partition coefficient (Wildman–Crippen LogP) is 2.16. The summed E-state index contributed by atoms with van der Waals surface area (Å²) >= 11 is 0. The van der Waals surface area contributed by atoms with E-state index in [1.807, 2.05) is 0 Å². The van der Waals surface area contributed by atoms with Crippen molar-refractivity contribution in [3.8, 4) is 0 Å². The highest BCUT2D eigenvalue weighted by Gasteiger charge is 2.46. The molecule has 0 aromatic heterocycles. The number of hydrogen-bond donors (Lipinski definition) is 0. The van der Waals surface area contributed by atoms with Gasteiger partial charge in [-0.05, 0) is 24.8 Å². The number of benzene rings is 1. The van der Waals surface area contributed by atoms with Crippen LogP contribution in [0.4, 0.5) is 0 Å². The molecule has 2 heterocycles. The van der Waals surface area contributed by atoms with Gasteiger partial charge in [-0.2, -0.15) is 0 Å². The molecule has 2 fully saturated rings. The molecule has 0 radical (unpaired) electrons. The fourth-order valence-electron chi connectivity index (χ4n) is 4.04. The molecule has 5 nitrogen and oxygen atoms in total. The highest BCUT2D eigenvalue weighted by atomic mass is 16.5. The fraction of sp³-hybridized carbons (Fsp3) is 0.650. The molecule has 0 spiro atoms. The van der Waals surface area contributed by atoms with E-state index in [1.165, 1.54) is 5.56 Å². The first kappa shape index (κ1) is 18.4. The first-order valence-electron chi connectivity index (χ1n) is 9.25. The van der Waals surface area contributed by atoms with Crippen molar-refractivity contribution in [3.05, 3.63) is 35.9 Å². The molecular weight excluding hydrogens is 316 g/mol. The SMILES string of the molecule is CN(C)C(=O)COC[C@@]12CCCO[C@@H]1CCN(Cc1ccccc1)C2. The number of fused-ring (bicyclic) bond motifs is 1. The molecule has 2 aliphatic heterocycles. The van der Waals surface area contributed by atoms with Crippen molar-refractivity contribution in [3.63, 3.8) is 0 Å². The highest BCUT2D eigenvalue weighted by Crippen LogP contribution is 2.40. The second-order valence-electron chi connectivity index (χ2n) is 7.59. The third-order valence-corrected chi connectivity index (χ3v) is 5.43. The van der Waals surface area contributed by atoms with Crippen LogP contribution in [-0.4, -0.2) is 68.8 Å². The van der Waals surface area contributed by atoms with Crippen LogP contribution < -0.4 is 0 Å². The lowest BCUT2D eigenvalue weighted by Crippen LogP contribution is -2.56. The largest absolute Gasteiger partial charge is 0.377 e. The lowest BCUT2D eigenvalue weighted by Gasteiger charge is -2.50. The maximum absolute atomic E-state index is 11.8. The zero-order chi connectivity index (χ0) is 17.7. The van der Waals surface area contributed by atoms with Crippen LogP contribution >= 0.6 is 0 Å². The molecule has 1 aromatic rings. The summed E-state index contributed by atoms with van der Waals surface area (Å²) in [6.45, 7) is 4.59. The van der Waals surface area contributed by atoms with Crippen molar-refractivity contribution in [2.45, 2.75) is 31.9 Å². The minimum atomic E-state index is 0.0118. The van der Waals surface area contributed by atoms with Gasteiger partial charge >= 0.3 is 0 Å². The summed E-state index contributed by atoms with van der Waals surface area (Å²) in [4.78, 5) is 15.9. The van der Waals surface area contributed by atoms with Crippen LogP contribution in [0, 0.1) is 5.41 Å². The molecule has 1 amide bonds. The Hall–Kier alpha value is -1.43. The zero-order valence-corrected chi connectivity index (χ0v) is 15.4. The number of rotatable bonds is 6. The van der Waals surface area contributed by atoms with E-state index < -0.39 is 0 Å². The number of carbonyl (C=O) groups excluding carboxylic acids is 1. The average Bonchev–Trinajstić information content (AvgIpc) is 2.62. The quantitative estimate of drug-likeness (QED) is 0.792. The molecule has 1 aromatic carbocycles. The number of ether oxygens (including phenoxy) is 2. The van der Waals surface area contributed by atoms with Crippen LogP contribution in [0.25, 0.3) is 0 Å². The summed E-state index contributed by atoms with van der Waals surface area (Å²) in [5, 5.41) is 0. The molecule has 0 N–H and O–H groups in total. The van der Waals surface area contributed by atoms with Crippen LogP contribution in [-0.2, 0) is 20.8 Å². The maximum atomic E-state index is 11.8. The van der Waals surface area contributed by atoms with E-state index in [1.54, 1.807) is 19.0 Å². The number of carbonyl (C=O) groups is 1. The van der Waals surface area contributed by atoms with Crippen molar-refractivity contribution < 1.29 is 14.3 Å². The molecule has 0 bridgehead atoms. The molecule has 0 aliphatic carbocycles. The molecule has 25 heavy (non-hydrogen) atoms. The van der Waals surface area contributed by atoms with Gasteiger partial charge in [-0.3, -0.25) is 9.69 Å². The molecule has 3 rings (SSSR count). The van der Waals surface area contributed by atoms with Gasteiger partial charge in [0.15, 0.2) is 0 Å². The second kappa shape index (κ2) is 8.30. The van der Waals surface area contributed by atoms with Gasteiger partial charge in [-0.25, -0.2) is 0 Å². The molecule has 2 saturated heterocycles. The Morgan fingerprint density at radius 1 is 1.36 bits per heavy atom. The lowest BCUT2D eigenvalue weighted by atomic mass is 9.73. The molecule has 0 unspecified atom stereocenters. The van der Waals surface area contributed by atoms with E-state index in [0.29, 0.717) is 6.61 Å². The second-order valence-corrected chi connectivity index (χ2v) is 7.59. The number of hydrogen-bond acceptors (Lipinski definition) is 4. The number of likely N-dealkylation sites (tertiary alicyclic amines) is 1. The van der Waals surface area contributed by atoms with Gasteiger partial charge in [0.2, 0.25) is 5.91 Å². The summed E-state index contributed by atoms with van der Waals surface area (Å²) in [6.07, 6.45) is 3.47. The topological polar surface area (TPSA) is 42.0 Å². The normalized spacial score (nSPS) is 26.9. The Morgan fingerprint density at radius 3 is 2.92 bits per heavy atom. The van der Waals surface area contributed by atoms with E-state index >= 15 is 0 Å². The van der Waals surface area contributed by atoms with Crippen LogP contribution in [0.2, 0.25) is 0 Å². The number of piperidine rings is 1. The number of nitrogens with zero attached hydrogens (tertiary/aromatic N) is 2. The summed E-state index contributed by atoms with van der Waals surface area (Å²) < 4.78 is 11.9. The summed E-state index contributed by atoms with van der Waals surface area (Å²) in [7, 11) is 3.53. The number of likely N-dealkylation sites (N-methyl/N-ethyl adjacent to an activating group) is 1. The third kappa shape index (κ3) is 4.60. The first-order chi connectivity index (χ1) is 12.1. The van der Waals surface area contributed by atoms with Gasteiger partial charge in [-0.1, -0.05) is 30.3 Å². The van der Waals surface area contributed by atoms with Crippen molar-refractivity contribution in [1.29, 1.82) is 0 Å². The lowest BCUT2D eigenvalue weighted by molar-refractivity contribution is -0.160. The van der Waals surface area contributed by atoms with Gasteiger partial charge in [0.25, 0.3) is 0 Å². The first-order valence-corrected chi connectivity index (χ1v) is 9.25. The smallest absolute Gasteiger partial charge is 0.248 e. The summed E-state index contributed by atoms with van der Waals surface area (Å²) in [5.74, 6) is 0.0154. The average molecular weight is 346 g/mol. The monoisotopic (exact) mass is 346 g/mol. The minimum absolute atomic E-state index is 0.0118. The Kier molecular flexibility index (Phi) is 6.10. The Balaban J connectivity index is 1.63. The van der Waals surface area contributed by atoms with Gasteiger partial charge in [-0.15, -0.1) is 0 Å². The van der Waals surface area contributed by atoms with Crippen molar-refractivity contribution >= 4 is 5.91 Å². The summed E-state index contributed by atoms with van der Waals surface area (Å²) in [5.41, 5.74) is 1.36. The predicted molar refractivity (Wildman–Crippen MR) is 97.3 cm³/mol. The van der Waals surface area contributed by atoms with Crippen LogP contribution in [0.5, 0.6) is 0 Å². The van der Waals surface area contributed by atoms with Gasteiger partial charge < -0.3 is 14.4 Å². The van der Waals surface area contributed by atoms with Crippen molar-refractivity contribution in [1.82, 2.24) is 9.80 Å². The zero-order valence-electron chi connectivity index (χ0n) is 15.4. The molecule has 5 heteroatoms. The van der Waals surface area contributed by atoms with E-state index in [4.69, 9.17) is 9.47 Å². The standard InChI is InChI=1S/C20H30N2O3/c1-21(2)19(23)14-24-16-20-10-6-12-25-18(20)9-11-22(15-20)13-17-7-4-3-5-8-17/h3-5,7-8,18H,6,9-16H2,1-2H3/t18-,20+/m1/s1. The third-order valence-electron chi connectivity index (χ3n) is 5.43. The Morgan fingerprint density at radius 2 is 2.16 bits per heavy atom. The minimum Gasteiger partial charge on any atom is -0.377 e. The molecular formula is C20H30N2O3. The van der Waals surface area contributed by atoms with Crippen LogP contribution in [0.1, 0.15) is 24.8 Å². The molecule has 0 saturated carbocycles. The number of amides is 1. The van der Waals surface area contributed by atoms with Gasteiger partial charge in [0, 0.05) is 45.8 Å². The van der Waals surface area contributed by atoms with Crippen LogP contribution in [0.15, 0.2) is 30.3 Å². The van der Waals surface area contributed by atoms with E-state index in [2.05, 4.69) is 35.2 Å². The molecule has 2 atom stereocenters. The van der Waals surface area contributed by atoms with E-state index in [-0.39, 0.29) is 24.0 Å². The molecule has 138 valence electrons. The Bertz CT molecular complexity index is 563. The summed E-state index contributed by atoms with van der Waals surface area (Å²) in [6, 6.07) is 10.6. The van der Waals surface area contributed by atoms with Gasteiger partial charge in [0.1, 0.15) is 6.61 Å². The van der Waals surface area contributed by atoms with Gasteiger partial charge in [0.05, 0.1) is 12.7 Å². The Labute approximate surface area is 150 Å².